The van der Waals surface area contributed by atoms with E-state index in [2.05, 4.69) is 0 Å². The van der Waals surface area contributed by atoms with Crippen molar-refractivity contribution in [3.63, 3.8) is 0 Å². The molecule has 234 valence electrons. The van der Waals surface area contributed by atoms with Crippen molar-refractivity contribution < 1.29 is 22.2 Å². The van der Waals surface area contributed by atoms with Crippen LogP contribution in [0.4, 0.5) is 0 Å². The second-order valence-electron chi connectivity index (χ2n) is 11.4. The highest BCUT2D eigenvalue weighted by Crippen LogP contribution is 2.42. The topological polar surface area (TPSA) is 56.7 Å². The minimum atomic E-state index is -0.583. The van der Waals surface area contributed by atoms with Gasteiger partial charge in [0, 0.05) is 49.4 Å². The third-order valence-corrected chi connectivity index (χ3v) is 8.53. The van der Waals surface area contributed by atoms with E-state index in [0.717, 1.165) is 12.1 Å². The summed E-state index contributed by atoms with van der Waals surface area (Å²) in [4.78, 5) is 14.6. The zero-order chi connectivity index (χ0) is 44.3. The Balaban J connectivity index is 1.40. The molecule has 0 aliphatic heterocycles. The van der Waals surface area contributed by atoms with Crippen molar-refractivity contribution in [2.45, 2.75) is 0 Å². The lowest BCUT2D eigenvalue weighted by molar-refractivity contribution is 0.670. The molecule has 0 amide bonds. The molecular weight excluding hydrogens is 613 g/mol. The van der Waals surface area contributed by atoms with E-state index in [4.69, 9.17) is 33.1 Å². The third kappa shape index (κ3) is 4.52. The molecule has 0 aliphatic carbocycles. The van der Waals surface area contributed by atoms with Crippen molar-refractivity contribution in [2.75, 3.05) is 0 Å². The Labute approximate surface area is 306 Å². The van der Waals surface area contributed by atoms with Gasteiger partial charge in [-0.25, -0.2) is 15.0 Å². The van der Waals surface area contributed by atoms with Crippen LogP contribution >= 0.6 is 0 Å². The van der Waals surface area contributed by atoms with Gasteiger partial charge in [-0.2, -0.15) is 0 Å². The minimum absolute atomic E-state index is 0.00207. The van der Waals surface area contributed by atoms with E-state index in [9.17, 15) is 4.11 Å². The molecule has 10 aromatic rings. The molecular formula is C45H28N4O. The maximum absolute atomic E-state index is 9.38. The number of para-hydroxylation sites is 4. The largest absolute Gasteiger partial charge is 0.455 e. The number of hydrogen-bond donors (Lipinski definition) is 0. The lowest BCUT2D eigenvalue weighted by Crippen LogP contribution is -2.02. The number of rotatable bonds is 5. The molecule has 0 saturated carbocycles. The smallest absolute Gasteiger partial charge is 0.164 e. The first-order valence-electron chi connectivity index (χ1n) is 22.1. The van der Waals surface area contributed by atoms with Crippen molar-refractivity contribution in [3.05, 3.63) is 170 Å². The van der Waals surface area contributed by atoms with Crippen LogP contribution in [0.1, 0.15) is 17.8 Å². The summed E-state index contributed by atoms with van der Waals surface area (Å²) in [7, 11) is 0. The summed E-state index contributed by atoms with van der Waals surface area (Å²) >= 11 is 0. The van der Waals surface area contributed by atoms with Crippen LogP contribution in [0.2, 0.25) is 0 Å². The van der Waals surface area contributed by atoms with Gasteiger partial charge in [0.2, 0.25) is 0 Å². The van der Waals surface area contributed by atoms with Crippen molar-refractivity contribution >= 4 is 43.7 Å². The molecule has 3 heterocycles. The van der Waals surface area contributed by atoms with Crippen LogP contribution in [0.5, 0.6) is 0 Å². The quantitative estimate of drug-likeness (QED) is 0.185. The van der Waals surface area contributed by atoms with Gasteiger partial charge in [0.15, 0.2) is 17.5 Å². The molecule has 0 atom stereocenters. The van der Waals surface area contributed by atoms with Crippen molar-refractivity contribution in [1.29, 1.82) is 0 Å². The predicted octanol–water partition coefficient (Wildman–Crippen LogP) is 11.5. The van der Waals surface area contributed by atoms with E-state index in [0.29, 0.717) is 28.3 Å². The molecule has 5 nitrogen and oxygen atoms in total. The fourth-order valence-corrected chi connectivity index (χ4v) is 6.28. The van der Waals surface area contributed by atoms with E-state index in [1.54, 1.807) is 18.2 Å². The number of hydrogen-bond acceptors (Lipinski definition) is 4. The molecule has 5 heteroatoms. The summed E-state index contributed by atoms with van der Waals surface area (Å²) in [6.45, 7) is 0. The lowest BCUT2D eigenvalue weighted by atomic mass is 9.98. The molecule has 0 spiro atoms. The summed E-state index contributed by atoms with van der Waals surface area (Å²) in [6, 6.07) is 20.0. The highest BCUT2D eigenvalue weighted by atomic mass is 16.3. The van der Waals surface area contributed by atoms with Crippen LogP contribution in [0.15, 0.2) is 174 Å². The van der Waals surface area contributed by atoms with Crippen LogP contribution in [0.25, 0.3) is 94.7 Å². The number of aromatic nitrogens is 4. The van der Waals surface area contributed by atoms with Crippen LogP contribution < -0.4 is 0 Å². The summed E-state index contributed by atoms with van der Waals surface area (Å²) in [6.07, 6.45) is 0. The van der Waals surface area contributed by atoms with Gasteiger partial charge in [-0.05, 0) is 24.2 Å². The van der Waals surface area contributed by atoms with Gasteiger partial charge in [-0.15, -0.1) is 0 Å². The Bertz CT molecular complexity index is 3480. The Kier molecular flexibility index (Phi) is 4.12. The monoisotopic (exact) mass is 653 g/mol. The van der Waals surface area contributed by atoms with Gasteiger partial charge in [0.05, 0.1) is 34.5 Å². The Morgan fingerprint density at radius 1 is 0.460 bits per heavy atom. The normalized spacial score (nSPS) is 15.2. The van der Waals surface area contributed by atoms with Gasteiger partial charge in [-0.1, -0.05) is 145 Å². The molecule has 3 aromatic heterocycles. The second kappa shape index (κ2) is 11.4. The predicted molar refractivity (Wildman–Crippen MR) is 203 cm³/mol. The molecule has 0 unspecified atom stereocenters. The fraction of sp³-hybridized carbons (Fsp3) is 0. The molecule has 10 rings (SSSR count). The van der Waals surface area contributed by atoms with Crippen LogP contribution in [-0.2, 0) is 0 Å². The van der Waals surface area contributed by atoms with Gasteiger partial charge in [0.25, 0.3) is 0 Å². The maximum atomic E-state index is 9.38. The van der Waals surface area contributed by atoms with E-state index >= 15 is 0 Å². The lowest BCUT2D eigenvalue weighted by Gasteiger charge is -2.16. The minimum Gasteiger partial charge on any atom is -0.455 e. The summed E-state index contributed by atoms with van der Waals surface area (Å²) in [5.41, 5.74) is 1.35. The van der Waals surface area contributed by atoms with E-state index < -0.39 is 42.3 Å². The first-order valence-corrected chi connectivity index (χ1v) is 15.6. The first kappa shape index (κ1) is 18.1. The van der Waals surface area contributed by atoms with Crippen molar-refractivity contribution in [1.82, 2.24) is 19.5 Å². The van der Waals surface area contributed by atoms with Gasteiger partial charge in [-0.3, -0.25) is 0 Å². The zero-order valence-corrected chi connectivity index (χ0v) is 25.9. The zero-order valence-electron chi connectivity index (χ0n) is 38.9. The van der Waals surface area contributed by atoms with Gasteiger partial charge < -0.3 is 8.98 Å². The van der Waals surface area contributed by atoms with Crippen LogP contribution in [0, 0.1) is 0 Å². The molecule has 0 bridgehead atoms. The SMILES string of the molecule is [2H]c1cc([2H])c2c(c1[2H])c1c([2H])c([2H])cc([2H])c1n2-c1cc(-c2nc(-c3ccccc3)nc(-c3ccccc3)n2)ccc1-c1c([2H])c([2H])c([2H])c2c1oc1c([2H])c([2H])c([2H])c([2H])c12. The average Bonchev–Trinajstić information content (AvgIpc) is 3.87. The van der Waals surface area contributed by atoms with Crippen LogP contribution in [-0.4, -0.2) is 19.5 Å². The second-order valence-corrected chi connectivity index (χ2v) is 11.4. The van der Waals surface area contributed by atoms with E-state index in [-0.39, 0.29) is 103 Å². The molecule has 0 aliphatic rings. The van der Waals surface area contributed by atoms with Crippen molar-refractivity contribution in [3.8, 4) is 51.0 Å². The number of nitrogens with zero attached hydrogens (tertiary/aromatic N) is 4. The Morgan fingerprint density at radius 2 is 1.04 bits per heavy atom. The molecule has 50 heavy (non-hydrogen) atoms. The molecule has 0 radical (unpaired) electrons. The summed E-state index contributed by atoms with van der Waals surface area (Å²) in [5.74, 6) is 0.869. The highest BCUT2D eigenvalue weighted by molar-refractivity contribution is 6.12. The standard InChI is InChI=1S/C45H28N4O/c1-3-14-29(15-4-1)43-46-44(30-16-5-2-6-17-30)48-45(47-43)31-26-27-34(36-21-13-22-37-35-20-9-12-25-41(35)50-42(36)37)40(28-31)49-38-23-10-7-18-32(38)33-19-8-11-24-39(33)49/h1-28H/i7D,8D,9D,12D,13D,18D,19D,20D,21D,22D,23D,24D,25D. The average molecular weight is 654 g/mol. The highest BCUT2D eigenvalue weighted by Gasteiger charge is 2.21. The number of furan rings is 1. The van der Waals surface area contributed by atoms with Gasteiger partial charge >= 0.3 is 0 Å². The summed E-state index contributed by atoms with van der Waals surface area (Å²) < 4.78 is 123. The Hall–Kier alpha value is -6.85. The third-order valence-electron chi connectivity index (χ3n) is 8.53. The van der Waals surface area contributed by atoms with Crippen molar-refractivity contribution in [2.24, 2.45) is 0 Å². The summed E-state index contributed by atoms with van der Waals surface area (Å²) in [5, 5.41) is -0.348. The van der Waals surface area contributed by atoms with E-state index in [1.165, 1.54) is 4.57 Å². The molecule has 0 saturated heterocycles. The molecule has 0 N–H and O–H groups in total. The van der Waals surface area contributed by atoms with E-state index in [1.807, 2.05) is 60.7 Å². The van der Waals surface area contributed by atoms with Gasteiger partial charge in [0.1, 0.15) is 11.2 Å². The number of benzene rings is 7. The Morgan fingerprint density at radius 3 is 1.70 bits per heavy atom. The van der Waals surface area contributed by atoms with Crippen LogP contribution in [0.3, 0.4) is 0 Å². The molecule has 0 fully saturated rings. The first-order chi connectivity index (χ1) is 30.2. The number of fused-ring (bicyclic) bond motifs is 6. The maximum Gasteiger partial charge on any atom is 0.164 e. The molecule has 7 aromatic carbocycles. The fourth-order valence-electron chi connectivity index (χ4n) is 6.28.